The van der Waals surface area contributed by atoms with Gasteiger partial charge in [-0.15, -0.1) is 0 Å². The van der Waals surface area contributed by atoms with Crippen LogP contribution in [0.4, 0.5) is 0 Å². The fraction of sp³-hybridized carbons (Fsp3) is 0.727. The molecule has 1 aliphatic carbocycles. The maximum Gasteiger partial charge on any atom is 0.296 e. The molecule has 1 aliphatic rings. The van der Waals surface area contributed by atoms with Gasteiger partial charge in [0.15, 0.2) is 0 Å². The fourth-order valence-electron chi connectivity index (χ4n) is 1.74. The van der Waals surface area contributed by atoms with Crippen molar-refractivity contribution in [2.75, 3.05) is 0 Å². The van der Waals surface area contributed by atoms with Gasteiger partial charge < -0.3 is 5.32 Å². The Bertz CT molecular complexity index is 228. The Hall–Kier alpha value is -0.970. The maximum absolute atomic E-state index is 11.1. The fourth-order valence-corrected chi connectivity index (χ4v) is 1.74. The Morgan fingerprint density at radius 2 is 1.92 bits per heavy atom. The molecule has 0 heterocycles. The molecule has 0 unspecified atom stereocenters. The first-order valence-corrected chi connectivity index (χ1v) is 4.95. The second-order valence-electron chi connectivity index (χ2n) is 3.81. The van der Waals surface area contributed by atoms with Crippen LogP contribution in [0, 0.1) is 17.8 Å². The summed E-state index contributed by atoms with van der Waals surface area (Å²) in [5.74, 6) is 5.81. The molecule has 1 N–H and O–H groups in total. The van der Waals surface area contributed by atoms with Crippen molar-refractivity contribution in [1.29, 1.82) is 0 Å². The molecule has 0 aliphatic heterocycles. The molecular formula is C11H17NO. The molecule has 0 aromatic rings. The average Bonchev–Trinajstić information content (AvgIpc) is 2.09. The van der Waals surface area contributed by atoms with Crippen molar-refractivity contribution in [2.45, 2.75) is 45.6 Å². The first-order valence-electron chi connectivity index (χ1n) is 4.95. The van der Waals surface area contributed by atoms with Crippen molar-refractivity contribution in [1.82, 2.24) is 5.32 Å². The molecule has 13 heavy (non-hydrogen) atoms. The van der Waals surface area contributed by atoms with Crippen molar-refractivity contribution in [3.63, 3.8) is 0 Å². The van der Waals surface area contributed by atoms with E-state index in [0.717, 1.165) is 18.8 Å². The Morgan fingerprint density at radius 3 is 2.46 bits per heavy atom. The molecule has 0 saturated heterocycles. The summed E-state index contributed by atoms with van der Waals surface area (Å²) in [5, 5.41) is 2.93. The minimum Gasteiger partial charge on any atom is -0.343 e. The van der Waals surface area contributed by atoms with Crippen LogP contribution in [0.1, 0.15) is 39.5 Å². The summed E-state index contributed by atoms with van der Waals surface area (Å²) >= 11 is 0. The second-order valence-corrected chi connectivity index (χ2v) is 3.81. The Balaban J connectivity index is 2.29. The van der Waals surface area contributed by atoms with Crippen LogP contribution in [0.5, 0.6) is 0 Å². The van der Waals surface area contributed by atoms with Gasteiger partial charge in [0.05, 0.1) is 0 Å². The lowest BCUT2D eigenvalue weighted by Gasteiger charge is -2.26. The van der Waals surface area contributed by atoms with Crippen LogP contribution in [0.15, 0.2) is 0 Å². The predicted octanol–water partition coefficient (Wildman–Crippen LogP) is 1.70. The molecule has 72 valence electrons. The minimum atomic E-state index is -0.123. The number of nitrogens with one attached hydrogen (secondary N) is 1. The minimum absolute atomic E-state index is 0.123. The second kappa shape index (κ2) is 4.91. The van der Waals surface area contributed by atoms with Crippen LogP contribution < -0.4 is 5.32 Å². The van der Waals surface area contributed by atoms with Crippen LogP contribution in [0.25, 0.3) is 0 Å². The van der Waals surface area contributed by atoms with Crippen molar-refractivity contribution in [3.05, 3.63) is 0 Å². The van der Waals surface area contributed by atoms with Crippen LogP contribution in [-0.4, -0.2) is 11.9 Å². The molecule has 0 atom stereocenters. The van der Waals surface area contributed by atoms with Gasteiger partial charge in [-0.2, -0.15) is 0 Å². The van der Waals surface area contributed by atoms with Gasteiger partial charge in [0, 0.05) is 6.04 Å². The average molecular weight is 179 g/mol. The molecular weight excluding hydrogens is 162 g/mol. The zero-order valence-electron chi connectivity index (χ0n) is 8.39. The third-order valence-electron chi connectivity index (χ3n) is 2.59. The van der Waals surface area contributed by atoms with Gasteiger partial charge >= 0.3 is 0 Å². The quantitative estimate of drug-likeness (QED) is 0.610. The summed E-state index contributed by atoms with van der Waals surface area (Å²) in [6, 6.07) is 0.365. The van der Waals surface area contributed by atoms with Crippen molar-refractivity contribution >= 4 is 5.91 Å². The van der Waals surface area contributed by atoms with Gasteiger partial charge in [-0.25, -0.2) is 0 Å². The summed E-state index contributed by atoms with van der Waals surface area (Å²) in [6.07, 6.45) is 4.67. The molecule has 0 aromatic carbocycles. The van der Waals surface area contributed by atoms with E-state index in [2.05, 4.69) is 24.1 Å². The smallest absolute Gasteiger partial charge is 0.296 e. The molecule has 0 radical (unpaired) electrons. The van der Waals surface area contributed by atoms with E-state index in [-0.39, 0.29) is 5.91 Å². The molecule has 0 aromatic heterocycles. The van der Waals surface area contributed by atoms with Gasteiger partial charge in [0.2, 0.25) is 0 Å². The van der Waals surface area contributed by atoms with Gasteiger partial charge in [0.1, 0.15) is 0 Å². The van der Waals surface area contributed by atoms with Gasteiger partial charge in [0.25, 0.3) is 5.91 Å². The highest BCUT2D eigenvalue weighted by atomic mass is 16.1. The number of hydrogen-bond donors (Lipinski definition) is 1. The third kappa shape index (κ3) is 3.50. The highest BCUT2D eigenvalue weighted by Gasteiger charge is 2.18. The zero-order chi connectivity index (χ0) is 9.68. The number of carbonyl (C=O) groups is 1. The van der Waals surface area contributed by atoms with E-state index in [1.54, 1.807) is 6.92 Å². The standard InChI is InChI=1S/C11H17NO/c1-3-4-11(13)12-10-7-5-9(2)6-8-10/h9-10H,5-8H2,1-2H3,(H,12,13). The molecule has 1 amide bonds. The summed E-state index contributed by atoms with van der Waals surface area (Å²) in [5.41, 5.74) is 0. The SMILES string of the molecule is CC#CC(=O)NC1CCC(C)CC1. The topological polar surface area (TPSA) is 29.1 Å². The van der Waals surface area contributed by atoms with Crippen molar-refractivity contribution < 1.29 is 4.79 Å². The van der Waals surface area contributed by atoms with Gasteiger partial charge in [-0.3, -0.25) is 4.79 Å². The first kappa shape index (κ1) is 10.1. The van der Waals surface area contributed by atoms with Crippen LogP contribution in [0.2, 0.25) is 0 Å². The normalized spacial score (nSPS) is 27.2. The van der Waals surface area contributed by atoms with Crippen LogP contribution in [-0.2, 0) is 4.79 Å². The lowest BCUT2D eigenvalue weighted by molar-refractivity contribution is -0.116. The zero-order valence-corrected chi connectivity index (χ0v) is 8.39. The lowest BCUT2D eigenvalue weighted by Crippen LogP contribution is -2.36. The first-order chi connectivity index (χ1) is 6.22. The Kier molecular flexibility index (Phi) is 3.82. The van der Waals surface area contributed by atoms with Crippen molar-refractivity contribution in [3.8, 4) is 11.8 Å². The van der Waals surface area contributed by atoms with E-state index in [1.807, 2.05) is 0 Å². The van der Waals surface area contributed by atoms with E-state index in [0.29, 0.717) is 6.04 Å². The summed E-state index contributed by atoms with van der Waals surface area (Å²) in [6.45, 7) is 3.95. The lowest BCUT2D eigenvalue weighted by atomic mass is 9.87. The van der Waals surface area contributed by atoms with E-state index in [1.165, 1.54) is 12.8 Å². The van der Waals surface area contributed by atoms with Crippen molar-refractivity contribution in [2.24, 2.45) is 5.92 Å². The van der Waals surface area contributed by atoms with E-state index in [9.17, 15) is 4.79 Å². The number of carbonyl (C=O) groups excluding carboxylic acids is 1. The largest absolute Gasteiger partial charge is 0.343 e. The third-order valence-corrected chi connectivity index (χ3v) is 2.59. The van der Waals surface area contributed by atoms with Gasteiger partial charge in [-0.05, 0) is 44.4 Å². The number of rotatable bonds is 1. The molecule has 2 nitrogen and oxygen atoms in total. The number of amides is 1. The van der Waals surface area contributed by atoms with Gasteiger partial charge in [-0.1, -0.05) is 12.8 Å². The predicted molar refractivity (Wildman–Crippen MR) is 53.0 cm³/mol. The molecule has 1 saturated carbocycles. The molecule has 0 bridgehead atoms. The summed E-state index contributed by atoms with van der Waals surface area (Å²) in [7, 11) is 0. The molecule has 1 fully saturated rings. The Morgan fingerprint density at radius 1 is 1.31 bits per heavy atom. The van der Waals surface area contributed by atoms with Crippen LogP contribution in [0.3, 0.4) is 0 Å². The summed E-state index contributed by atoms with van der Waals surface area (Å²) < 4.78 is 0. The highest BCUT2D eigenvalue weighted by molar-refractivity contribution is 5.93. The van der Waals surface area contributed by atoms with E-state index < -0.39 is 0 Å². The van der Waals surface area contributed by atoms with E-state index in [4.69, 9.17) is 0 Å². The van der Waals surface area contributed by atoms with E-state index >= 15 is 0 Å². The molecule has 2 heteroatoms. The molecule has 0 spiro atoms. The maximum atomic E-state index is 11.1. The van der Waals surface area contributed by atoms with Crippen LogP contribution >= 0.6 is 0 Å². The summed E-state index contributed by atoms with van der Waals surface area (Å²) in [4.78, 5) is 11.1. The number of hydrogen-bond acceptors (Lipinski definition) is 1. The highest BCUT2D eigenvalue weighted by Crippen LogP contribution is 2.23. The monoisotopic (exact) mass is 179 g/mol. The molecule has 1 rings (SSSR count). The Labute approximate surface area is 80.1 Å².